The van der Waals surface area contributed by atoms with E-state index >= 15 is 0 Å². The molecular formula is C25H28N2O4SSe2. The predicted octanol–water partition coefficient (Wildman–Crippen LogP) is 2.97. The first kappa shape index (κ1) is 26.6. The van der Waals surface area contributed by atoms with E-state index in [9.17, 15) is 13.0 Å². The molecule has 1 aromatic heterocycles. The number of allylic oxidation sites excluding steroid dienone is 4. The van der Waals surface area contributed by atoms with E-state index in [0.717, 1.165) is 13.1 Å². The second-order valence-electron chi connectivity index (χ2n) is 7.03. The minimum atomic E-state index is -4.42. The Bertz CT molecular complexity index is 1310. The Kier molecular flexibility index (Phi) is 9.92. The number of aryl methyl sites for hydroxylation is 1. The van der Waals surface area contributed by atoms with Gasteiger partial charge in [0.1, 0.15) is 0 Å². The molecule has 0 radical (unpaired) electrons. The second kappa shape index (κ2) is 12.7. The van der Waals surface area contributed by atoms with Gasteiger partial charge in [0.2, 0.25) is 10.4 Å². The van der Waals surface area contributed by atoms with Gasteiger partial charge in [-0.05, 0) is 6.92 Å². The van der Waals surface area contributed by atoms with E-state index in [2.05, 4.69) is 106 Å². The van der Waals surface area contributed by atoms with Gasteiger partial charge in [0, 0.05) is 0 Å². The average Bonchev–Trinajstić information content (AvgIpc) is 3.35. The minimum Gasteiger partial charge on any atom is -0.726 e. The summed E-state index contributed by atoms with van der Waals surface area (Å²) in [6.45, 7) is 7.84. The molecule has 3 aromatic rings. The van der Waals surface area contributed by atoms with Crippen LogP contribution in [0.15, 0.2) is 77.4 Å². The van der Waals surface area contributed by atoms with E-state index < -0.39 is 10.4 Å². The Balaban J connectivity index is 0.000000406. The molecule has 0 saturated heterocycles. The molecule has 34 heavy (non-hydrogen) atoms. The van der Waals surface area contributed by atoms with Crippen LogP contribution < -0.4 is 13.9 Å². The van der Waals surface area contributed by atoms with Crippen LogP contribution in [0.1, 0.15) is 25.3 Å². The number of benzene rings is 2. The molecule has 0 unspecified atom stereocenters. The summed E-state index contributed by atoms with van der Waals surface area (Å²) in [5.41, 5.74) is 2.77. The van der Waals surface area contributed by atoms with E-state index in [-0.39, 0.29) is 6.61 Å². The molecule has 0 fully saturated rings. The zero-order valence-corrected chi connectivity index (χ0v) is 23.6. The number of nitrogens with zero attached hydrogens (tertiary/aromatic N) is 2. The number of fused-ring (bicyclic) bond motifs is 2. The maximum Gasteiger partial charge on any atom is 0.217 e. The van der Waals surface area contributed by atoms with Crippen molar-refractivity contribution in [2.75, 3.05) is 18.1 Å². The van der Waals surface area contributed by atoms with Crippen LogP contribution >= 0.6 is 0 Å². The molecule has 0 aliphatic carbocycles. The number of hydrogen-bond donors (Lipinski definition) is 0. The summed E-state index contributed by atoms with van der Waals surface area (Å²) >= 11 is 0.815. The van der Waals surface area contributed by atoms with Crippen LogP contribution in [-0.2, 0) is 21.1 Å². The monoisotopic (exact) mass is 612 g/mol. The van der Waals surface area contributed by atoms with E-state index in [1.54, 1.807) is 0 Å². The average molecular weight is 610 g/mol. The standard InChI is InChI=1S/C23H23N2Se2.C2H6O4S/c1-3-24-18-12-8-10-14-20(18)26-22(24)16-6-5-7-17-23-25(4-2)19-13-9-11-15-21(19)27-23;1-2-6-7(3,4)5/h5-17H,3-4H2,1-2H3;2H2,1H3,(H,3,4,5)/q+1;/p-1. The van der Waals surface area contributed by atoms with Crippen LogP contribution in [0.2, 0.25) is 0 Å². The Hall–Kier alpha value is -1.96. The normalized spacial score (nSPS) is 14.8. The SMILES string of the molecule is CCN1\C(=C/C=C/C=C/c2[se]c3ccccc3[n+]2CC)[Se]c2ccccc21.CCOS(=O)(=O)[O-]. The van der Waals surface area contributed by atoms with Gasteiger partial charge in [-0.1, -0.05) is 0 Å². The fourth-order valence-corrected chi connectivity index (χ4v) is 8.56. The van der Waals surface area contributed by atoms with Crippen molar-refractivity contribution < 1.29 is 21.7 Å². The van der Waals surface area contributed by atoms with E-state index in [0.29, 0.717) is 29.5 Å². The van der Waals surface area contributed by atoms with Crippen molar-refractivity contribution >= 4 is 65.9 Å². The van der Waals surface area contributed by atoms with Crippen molar-refractivity contribution in [3.8, 4) is 0 Å². The van der Waals surface area contributed by atoms with Crippen LogP contribution in [-0.4, -0.2) is 55.6 Å². The summed E-state index contributed by atoms with van der Waals surface area (Å²) in [4.78, 5) is 2.44. The van der Waals surface area contributed by atoms with Crippen molar-refractivity contribution in [1.29, 1.82) is 0 Å². The van der Waals surface area contributed by atoms with Gasteiger partial charge >= 0.3 is 174 Å². The van der Waals surface area contributed by atoms with Crippen LogP contribution in [0.5, 0.6) is 0 Å². The number of rotatable bonds is 7. The first-order chi connectivity index (χ1) is 16.4. The number of aromatic nitrogens is 1. The molecule has 2 aromatic carbocycles. The van der Waals surface area contributed by atoms with Gasteiger partial charge in [-0.3, -0.25) is 4.18 Å². The second-order valence-corrected chi connectivity index (χ2v) is 12.5. The minimum absolute atomic E-state index is 0.0914. The number of hydrogen-bond acceptors (Lipinski definition) is 5. The largest absolute Gasteiger partial charge is 0.726 e. The van der Waals surface area contributed by atoms with Gasteiger partial charge in [-0.15, -0.1) is 0 Å². The molecular weight excluding hydrogens is 582 g/mol. The first-order valence-corrected chi connectivity index (χ1v) is 15.7. The molecule has 1 aliphatic heterocycles. The third kappa shape index (κ3) is 7.03. The van der Waals surface area contributed by atoms with Gasteiger partial charge in [-0.2, -0.15) is 0 Å². The van der Waals surface area contributed by atoms with Crippen LogP contribution in [0.4, 0.5) is 5.69 Å². The van der Waals surface area contributed by atoms with Crippen molar-refractivity contribution in [2.24, 2.45) is 0 Å². The van der Waals surface area contributed by atoms with Crippen LogP contribution in [0.3, 0.4) is 0 Å². The molecule has 0 atom stereocenters. The zero-order valence-electron chi connectivity index (χ0n) is 19.4. The third-order valence-electron chi connectivity index (χ3n) is 4.87. The first-order valence-electron chi connectivity index (χ1n) is 11.0. The van der Waals surface area contributed by atoms with Crippen LogP contribution in [0, 0.1) is 0 Å². The Morgan fingerprint density at radius 3 is 2.44 bits per heavy atom. The molecule has 180 valence electrons. The topological polar surface area (TPSA) is 73.5 Å². The Morgan fingerprint density at radius 1 is 1.03 bits per heavy atom. The summed E-state index contributed by atoms with van der Waals surface area (Å²) in [5.74, 6) is 0. The molecule has 0 bridgehead atoms. The molecule has 2 heterocycles. The van der Waals surface area contributed by atoms with Gasteiger partial charge in [-0.25, -0.2) is 8.42 Å². The molecule has 4 rings (SSSR count). The van der Waals surface area contributed by atoms with Gasteiger partial charge in [0.25, 0.3) is 0 Å². The number of para-hydroxylation sites is 2. The Labute approximate surface area is 214 Å². The molecule has 9 heteroatoms. The fraction of sp³-hybridized carbons (Fsp3) is 0.240. The van der Waals surface area contributed by atoms with E-state index in [1.807, 2.05) is 0 Å². The van der Waals surface area contributed by atoms with Gasteiger partial charge in [0.15, 0.2) is 0 Å². The number of anilines is 1. The maximum atomic E-state index is 9.45. The molecule has 6 nitrogen and oxygen atoms in total. The molecule has 0 amide bonds. The fourth-order valence-electron chi connectivity index (χ4n) is 3.49. The molecule has 1 aliphatic rings. The predicted molar refractivity (Wildman–Crippen MR) is 139 cm³/mol. The van der Waals surface area contributed by atoms with Gasteiger partial charge in [0.05, 0.1) is 6.61 Å². The molecule has 0 N–H and O–H groups in total. The third-order valence-corrected chi connectivity index (χ3v) is 10.1. The smallest absolute Gasteiger partial charge is 0.217 e. The van der Waals surface area contributed by atoms with Gasteiger partial charge < -0.3 is 4.55 Å². The van der Waals surface area contributed by atoms with Crippen molar-refractivity contribution in [2.45, 2.75) is 27.3 Å². The summed E-state index contributed by atoms with van der Waals surface area (Å²) in [6, 6.07) is 17.6. The summed E-state index contributed by atoms with van der Waals surface area (Å²) in [5, 5.41) is 0. The van der Waals surface area contributed by atoms with Crippen molar-refractivity contribution in [3.05, 3.63) is 82.0 Å². The quantitative estimate of drug-likeness (QED) is 0.135. The van der Waals surface area contributed by atoms with E-state index in [1.165, 1.54) is 36.0 Å². The van der Waals surface area contributed by atoms with E-state index in [4.69, 9.17) is 0 Å². The van der Waals surface area contributed by atoms with Crippen LogP contribution in [0.25, 0.3) is 15.9 Å². The zero-order chi connectivity index (χ0) is 24.6. The molecule has 0 saturated carbocycles. The summed E-state index contributed by atoms with van der Waals surface area (Å²) < 4.78 is 40.3. The molecule has 0 spiro atoms. The van der Waals surface area contributed by atoms with Crippen molar-refractivity contribution in [1.82, 2.24) is 0 Å². The van der Waals surface area contributed by atoms with Crippen molar-refractivity contribution in [3.63, 3.8) is 0 Å². The summed E-state index contributed by atoms with van der Waals surface area (Å²) in [6.07, 6.45) is 11.1. The summed E-state index contributed by atoms with van der Waals surface area (Å²) in [7, 11) is -4.42. The Morgan fingerprint density at radius 2 is 1.76 bits per heavy atom. The maximum absolute atomic E-state index is 9.45.